The predicted molar refractivity (Wildman–Crippen MR) is 98.0 cm³/mol. The van der Waals surface area contributed by atoms with Crippen LogP contribution < -0.4 is 10.1 Å². The fourth-order valence-electron chi connectivity index (χ4n) is 3.06. The van der Waals surface area contributed by atoms with Crippen LogP contribution in [0.25, 0.3) is 0 Å². The summed E-state index contributed by atoms with van der Waals surface area (Å²) < 4.78 is 5.13. The zero-order valence-electron chi connectivity index (χ0n) is 14.9. The average molecular weight is 353 g/mol. The van der Waals surface area contributed by atoms with Gasteiger partial charge in [0.05, 0.1) is 13.5 Å². The Labute approximate surface area is 153 Å². The van der Waals surface area contributed by atoms with Gasteiger partial charge in [-0.05, 0) is 42.7 Å². The molecular weight excluding hydrogens is 330 g/mol. The molecule has 6 heteroatoms. The quantitative estimate of drug-likeness (QED) is 0.893. The van der Waals surface area contributed by atoms with Gasteiger partial charge < -0.3 is 15.0 Å². The number of benzene rings is 1. The van der Waals surface area contributed by atoms with Gasteiger partial charge in [0.2, 0.25) is 5.91 Å². The summed E-state index contributed by atoms with van der Waals surface area (Å²) in [4.78, 5) is 30.6. The molecule has 1 aromatic carbocycles. The van der Waals surface area contributed by atoms with Crippen molar-refractivity contribution < 1.29 is 14.3 Å². The maximum absolute atomic E-state index is 12.5. The number of nitrogens with one attached hydrogen (secondary N) is 1. The molecule has 2 aromatic rings. The number of likely N-dealkylation sites (tertiary alicyclic amines) is 1. The van der Waals surface area contributed by atoms with E-state index in [1.54, 1.807) is 31.5 Å². The molecule has 0 radical (unpaired) electrons. The van der Waals surface area contributed by atoms with E-state index in [1.165, 1.54) is 0 Å². The number of amides is 2. The van der Waals surface area contributed by atoms with Crippen LogP contribution in [0.2, 0.25) is 0 Å². The van der Waals surface area contributed by atoms with Crippen LogP contribution in [-0.2, 0) is 11.2 Å². The summed E-state index contributed by atoms with van der Waals surface area (Å²) in [6, 6.07) is 12.9. The number of ether oxygens (including phenoxy) is 1. The van der Waals surface area contributed by atoms with E-state index in [0.29, 0.717) is 25.2 Å². The number of methoxy groups -OCH3 is 1. The van der Waals surface area contributed by atoms with Crippen LogP contribution >= 0.6 is 0 Å². The van der Waals surface area contributed by atoms with Crippen molar-refractivity contribution in [1.29, 1.82) is 0 Å². The molecule has 6 nitrogen and oxygen atoms in total. The highest BCUT2D eigenvalue weighted by molar-refractivity contribution is 5.92. The number of nitrogens with zero attached hydrogens (tertiary/aromatic N) is 2. The zero-order chi connectivity index (χ0) is 18.4. The highest BCUT2D eigenvalue weighted by Gasteiger charge is 2.24. The number of piperidine rings is 1. The van der Waals surface area contributed by atoms with E-state index in [0.717, 1.165) is 24.2 Å². The normalized spacial score (nSPS) is 14.7. The van der Waals surface area contributed by atoms with Crippen LogP contribution in [0, 0.1) is 0 Å². The van der Waals surface area contributed by atoms with Crippen molar-refractivity contribution in [3.63, 3.8) is 0 Å². The van der Waals surface area contributed by atoms with Gasteiger partial charge in [0, 0.05) is 25.3 Å². The van der Waals surface area contributed by atoms with Gasteiger partial charge in [-0.1, -0.05) is 18.2 Å². The molecular formula is C20H23N3O3. The summed E-state index contributed by atoms with van der Waals surface area (Å²) >= 11 is 0. The number of pyridine rings is 1. The van der Waals surface area contributed by atoms with Crippen LogP contribution in [0.15, 0.2) is 48.7 Å². The van der Waals surface area contributed by atoms with Crippen molar-refractivity contribution in [1.82, 2.24) is 15.2 Å². The Morgan fingerprint density at radius 3 is 2.50 bits per heavy atom. The number of carbonyl (C=O) groups excluding carboxylic acids is 2. The monoisotopic (exact) mass is 353 g/mol. The minimum Gasteiger partial charge on any atom is -0.497 e. The third kappa shape index (κ3) is 4.59. The van der Waals surface area contributed by atoms with Gasteiger partial charge in [-0.15, -0.1) is 0 Å². The molecule has 26 heavy (non-hydrogen) atoms. The first-order valence-corrected chi connectivity index (χ1v) is 8.78. The van der Waals surface area contributed by atoms with E-state index >= 15 is 0 Å². The summed E-state index contributed by atoms with van der Waals surface area (Å²) in [5.74, 6) is 0.740. The Balaban J connectivity index is 1.46. The van der Waals surface area contributed by atoms with Crippen LogP contribution in [0.4, 0.5) is 0 Å². The van der Waals surface area contributed by atoms with Gasteiger partial charge in [-0.2, -0.15) is 0 Å². The van der Waals surface area contributed by atoms with Gasteiger partial charge in [-0.25, -0.2) is 0 Å². The molecule has 3 rings (SSSR count). The average Bonchev–Trinajstić information content (AvgIpc) is 2.69. The molecule has 2 amide bonds. The highest BCUT2D eigenvalue weighted by atomic mass is 16.5. The maximum Gasteiger partial charge on any atom is 0.270 e. The third-order valence-corrected chi connectivity index (χ3v) is 4.59. The Morgan fingerprint density at radius 2 is 1.88 bits per heavy atom. The van der Waals surface area contributed by atoms with Crippen LogP contribution in [0.5, 0.6) is 5.75 Å². The van der Waals surface area contributed by atoms with E-state index in [9.17, 15) is 9.59 Å². The second-order valence-electron chi connectivity index (χ2n) is 6.37. The smallest absolute Gasteiger partial charge is 0.270 e. The molecule has 1 saturated heterocycles. The number of rotatable bonds is 5. The number of carbonyl (C=O) groups is 2. The van der Waals surface area contributed by atoms with Gasteiger partial charge >= 0.3 is 0 Å². The summed E-state index contributed by atoms with van der Waals surface area (Å²) in [5, 5.41) is 3.00. The minimum absolute atomic E-state index is 0.0783. The zero-order valence-corrected chi connectivity index (χ0v) is 14.9. The minimum atomic E-state index is -0.159. The standard InChI is InChI=1S/C20H23N3O3/c1-26-17-7-5-15(6-8-17)14-19(24)23-12-9-16(10-13-23)22-20(25)18-4-2-3-11-21-18/h2-8,11,16H,9-10,12-14H2,1H3,(H,22,25). The van der Waals surface area contributed by atoms with Crippen molar-refractivity contribution >= 4 is 11.8 Å². The van der Waals surface area contributed by atoms with Crippen molar-refractivity contribution in [2.45, 2.75) is 25.3 Å². The Bertz CT molecular complexity index is 739. The molecule has 0 aliphatic carbocycles. The first-order chi connectivity index (χ1) is 12.7. The molecule has 0 spiro atoms. The third-order valence-electron chi connectivity index (χ3n) is 4.59. The lowest BCUT2D eigenvalue weighted by molar-refractivity contribution is -0.131. The maximum atomic E-state index is 12.5. The topological polar surface area (TPSA) is 71.5 Å². The van der Waals surface area contributed by atoms with E-state index in [2.05, 4.69) is 10.3 Å². The van der Waals surface area contributed by atoms with E-state index < -0.39 is 0 Å². The molecule has 1 aliphatic rings. The van der Waals surface area contributed by atoms with Gasteiger partial charge in [-0.3, -0.25) is 14.6 Å². The first-order valence-electron chi connectivity index (χ1n) is 8.78. The van der Waals surface area contributed by atoms with Gasteiger partial charge in [0.25, 0.3) is 5.91 Å². The summed E-state index contributed by atoms with van der Waals surface area (Å²) in [5.41, 5.74) is 1.40. The fraction of sp³-hybridized carbons (Fsp3) is 0.350. The molecule has 1 aromatic heterocycles. The van der Waals surface area contributed by atoms with Crippen molar-refractivity contribution in [3.8, 4) is 5.75 Å². The molecule has 1 aliphatic heterocycles. The van der Waals surface area contributed by atoms with Crippen LogP contribution in [0.1, 0.15) is 28.9 Å². The van der Waals surface area contributed by atoms with Crippen molar-refractivity contribution in [2.24, 2.45) is 0 Å². The Hall–Kier alpha value is -2.89. The molecule has 0 unspecified atom stereocenters. The van der Waals surface area contributed by atoms with Crippen molar-refractivity contribution in [2.75, 3.05) is 20.2 Å². The second kappa shape index (κ2) is 8.47. The highest BCUT2D eigenvalue weighted by Crippen LogP contribution is 2.15. The predicted octanol–water partition coefficient (Wildman–Crippen LogP) is 2.05. The number of hydrogen-bond donors (Lipinski definition) is 1. The van der Waals surface area contributed by atoms with Gasteiger partial charge in [0.15, 0.2) is 0 Å². The lowest BCUT2D eigenvalue weighted by Gasteiger charge is -2.32. The molecule has 0 saturated carbocycles. The molecule has 2 heterocycles. The number of hydrogen-bond acceptors (Lipinski definition) is 4. The summed E-state index contributed by atoms with van der Waals surface area (Å²) in [6.07, 6.45) is 3.50. The Kier molecular flexibility index (Phi) is 5.84. The molecule has 0 bridgehead atoms. The molecule has 0 atom stereocenters. The molecule has 1 fully saturated rings. The Morgan fingerprint density at radius 1 is 1.15 bits per heavy atom. The van der Waals surface area contributed by atoms with Crippen molar-refractivity contribution in [3.05, 3.63) is 59.9 Å². The fourth-order valence-corrected chi connectivity index (χ4v) is 3.06. The van der Waals surface area contributed by atoms with Crippen LogP contribution in [0.3, 0.4) is 0 Å². The van der Waals surface area contributed by atoms with Gasteiger partial charge in [0.1, 0.15) is 11.4 Å². The summed E-state index contributed by atoms with van der Waals surface area (Å²) in [7, 11) is 1.62. The SMILES string of the molecule is COc1ccc(CC(=O)N2CCC(NC(=O)c3ccccn3)CC2)cc1. The molecule has 136 valence electrons. The van der Waals surface area contributed by atoms with E-state index in [-0.39, 0.29) is 17.9 Å². The largest absolute Gasteiger partial charge is 0.497 e. The lowest BCUT2D eigenvalue weighted by atomic mass is 10.0. The van der Waals surface area contributed by atoms with Crippen LogP contribution in [-0.4, -0.2) is 47.9 Å². The second-order valence-corrected chi connectivity index (χ2v) is 6.37. The van der Waals surface area contributed by atoms with E-state index in [1.807, 2.05) is 29.2 Å². The lowest BCUT2D eigenvalue weighted by Crippen LogP contribution is -2.47. The first kappa shape index (κ1) is 17.9. The van der Waals surface area contributed by atoms with E-state index in [4.69, 9.17) is 4.74 Å². The summed E-state index contributed by atoms with van der Waals surface area (Å²) in [6.45, 7) is 1.31. The molecule has 1 N–H and O–H groups in total. The number of aromatic nitrogens is 1.